The van der Waals surface area contributed by atoms with Gasteiger partial charge in [-0.25, -0.2) is 9.97 Å². The van der Waals surface area contributed by atoms with Crippen LogP contribution in [0.1, 0.15) is 25.3 Å². The number of fused-ring (bicyclic) bond motifs is 2. The van der Waals surface area contributed by atoms with E-state index < -0.39 is 0 Å². The molecule has 31 heavy (non-hydrogen) atoms. The molecule has 0 bridgehead atoms. The zero-order valence-electron chi connectivity index (χ0n) is 17.1. The van der Waals surface area contributed by atoms with E-state index in [4.69, 9.17) is 21.6 Å². The molecule has 3 heterocycles. The number of nitrogens with one attached hydrogen (secondary N) is 1. The minimum atomic E-state index is -0.106. The summed E-state index contributed by atoms with van der Waals surface area (Å²) >= 11 is 6.55. The van der Waals surface area contributed by atoms with Crippen LogP contribution >= 0.6 is 11.6 Å². The topological polar surface area (TPSA) is 71.5 Å². The summed E-state index contributed by atoms with van der Waals surface area (Å²) in [5, 5.41) is 1.43. The van der Waals surface area contributed by atoms with Crippen molar-refractivity contribution in [3.05, 3.63) is 87.8 Å². The highest BCUT2D eigenvalue weighted by Crippen LogP contribution is 2.34. The Bertz CT molecular complexity index is 1490. The molecule has 2 aromatic carbocycles. The van der Waals surface area contributed by atoms with Gasteiger partial charge >= 0.3 is 0 Å². The van der Waals surface area contributed by atoms with Gasteiger partial charge in [-0.05, 0) is 24.1 Å². The van der Waals surface area contributed by atoms with Crippen molar-refractivity contribution in [1.29, 1.82) is 0 Å². The van der Waals surface area contributed by atoms with Crippen LogP contribution in [-0.4, -0.2) is 19.9 Å². The molecule has 5 rings (SSSR count). The highest BCUT2D eigenvalue weighted by Gasteiger charge is 2.18. The second-order valence-corrected chi connectivity index (χ2v) is 8.15. The monoisotopic (exact) mass is 426 g/mol. The van der Waals surface area contributed by atoms with Gasteiger partial charge < -0.3 is 4.98 Å². The number of halogens is 1. The van der Waals surface area contributed by atoms with E-state index in [0.717, 1.165) is 22.0 Å². The van der Waals surface area contributed by atoms with E-state index in [1.165, 1.54) is 0 Å². The molecule has 0 atom stereocenters. The van der Waals surface area contributed by atoms with Gasteiger partial charge in [-0.1, -0.05) is 61.8 Å². The number of benzene rings is 2. The Hall–Kier alpha value is -3.57. The van der Waals surface area contributed by atoms with Crippen molar-refractivity contribution in [2.24, 2.45) is 0 Å². The van der Waals surface area contributed by atoms with E-state index in [-0.39, 0.29) is 11.3 Å². The van der Waals surface area contributed by atoms with Gasteiger partial charge in [0.2, 0.25) is 5.43 Å². The average Bonchev–Trinajstić information content (AvgIpc) is 2.79. The lowest BCUT2D eigenvalue weighted by atomic mass is 10.0. The maximum atomic E-state index is 13.1. The van der Waals surface area contributed by atoms with Crippen molar-refractivity contribution in [3.63, 3.8) is 0 Å². The Balaban J connectivity index is 1.87. The standard InChI is InChI=1S/C25H19ClN4O/c1-14(2)18-13-28-25-23(24(18)31)29-22(21(30-25)15-7-4-3-5-8-15)17-11-16-9-6-10-27-20(16)19(26)12-17/h3-14H,1-2H3,(H,28,30,31). The number of rotatable bonds is 3. The number of hydrogen-bond acceptors (Lipinski definition) is 4. The minimum absolute atomic E-state index is 0.0772. The first kappa shape index (κ1) is 19.4. The Morgan fingerprint density at radius 2 is 1.68 bits per heavy atom. The molecule has 0 saturated heterocycles. The second-order valence-electron chi connectivity index (χ2n) is 7.75. The quantitative estimate of drug-likeness (QED) is 0.385. The molecule has 0 fully saturated rings. The maximum Gasteiger partial charge on any atom is 0.212 e. The van der Waals surface area contributed by atoms with Crippen molar-refractivity contribution >= 4 is 33.7 Å². The second kappa shape index (κ2) is 7.60. The molecule has 5 aromatic rings. The number of hydrogen-bond donors (Lipinski definition) is 1. The number of H-pyrrole nitrogens is 1. The average molecular weight is 427 g/mol. The molecule has 0 unspecified atom stereocenters. The molecule has 0 radical (unpaired) electrons. The van der Waals surface area contributed by atoms with Crippen molar-refractivity contribution < 1.29 is 0 Å². The highest BCUT2D eigenvalue weighted by molar-refractivity contribution is 6.35. The van der Waals surface area contributed by atoms with Gasteiger partial charge in [0.1, 0.15) is 0 Å². The Morgan fingerprint density at radius 3 is 2.45 bits per heavy atom. The molecule has 1 N–H and O–H groups in total. The van der Waals surface area contributed by atoms with Crippen LogP contribution in [0.4, 0.5) is 0 Å². The molecule has 6 heteroatoms. The first-order valence-electron chi connectivity index (χ1n) is 10.1. The smallest absolute Gasteiger partial charge is 0.212 e. The Kier molecular flexibility index (Phi) is 4.75. The number of aromatic amines is 1. The predicted octanol–water partition coefficient (Wildman–Crippen LogP) is 5.98. The molecular formula is C25H19ClN4O. The van der Waals surface area contributed by atoms with Gasteiger partial charge in [-0.3, -0.25) is 9.78 Å². The van der Waals surface area contributed by atoms with Gasteiger partial charge in [0.25, 0.3) is 0 Å². The maximum absolute atomic E-state index is 13.1. The van der Waals surface area contributed by atoms with Gasteiger partial charge in [0.15, 0.2) is 11.2 Å². The molecule has 5 nitrogen and oxygen atoms in total. The molecule has 0 amide bonds. The predicted molar refractivity (Wildman–Crippen MR) is 125 cm³/mol. The van der Waals surface area contributed by atoms with Crippen LogP contribution in [0.15, 0.2) is 71.8 Å². The summed E-state index contributed by atoms with van der Waals surface area (Å²) in [5.41, 5.74) is 5.07. The number of nitrogens with zero attached hydrogens (tertiary/aromatic N) is 3. The molecule has 0 aliphatic heterocycles. The number of aromatic nitrogens is 4. The van der Waals surface area contributed by atoms with E-state index in [9.17, 15) is 4.79 Å². The van der Waals surface area contributed by atoms with E-state index in [1.807, 2.05) is 68.4 Å². The zero-order chi connectivity index (χ0) is 21.5. The summed E-state index contributed by atoms with van der Waals surface area (Å²) in [7, 11) is 0. The normalized spacial score (nSPS) is 11.5. The first-order valence-corrected chi connectivity index (χ1v) is 10.4. The molecule has 3 aromatic heterocycles. The molecule has 0 aliphatic carbocycles. The lowest BCUT2D eigenvalue weighted by molar-refractivity contribution is 0.851. The zero-order valence-corrected chi connectivity index (χ0v) is 17.8. The van der Waals surface area contributed by atoms with E-state index in [1.54, 1.807) is 12.4 Å². The van der Waals surface area contributed by atoms with Crippen molar-refractivity contribution in [1.82, 2.24) is 19.9 Å². The third-order valence-electron chi connectivity index (χ3n) is 5.34. The van der Waals surface area contributed by atoms with Crippen LogP contribution in [0.2, 0.25) is 5.02 Å². The minimum Gasteiger partial charge on any atom is -0.344 e. The highest BCUT2D eigenvalue weighted by atomic mass is 35.5. The molecular weight excluding hydrogens is 408 g/mol. The van der Waals surface area contributed by atoms with Crippen LogP contribution < -0.4 is 5.43 Å². The fourth-order valence-electron chi connectivity index (χ4n) is 3.75. The lowest BCUT2D eigenvalue weighted by Gasteiger charge is -2.13. The third-order valence-corrected chi connectivity index (χ3v) is 5.63. The fourth-order valence-corrected chi connectivity index (χ4v) is 4.03. The van der Waals surface area contributed by atoms with Gasteiger partial charge in [0.05, 0.1) is 21.9 Å². The summed E-state index contributed by atoms with van der Waals surface area (Å²) in [4.78, 5) is 30.3. The van der Waals surface area contributed by atoms with Crippen LogP contribution in [0, 0.1) is 0 Å². The van der Waals surface area contributed by atoms with Gasteiger partial charge in [0, 0.05) is 34.5 Å². The van der Waals surface area contributed by atoms with E-state index in [2.05, 4.69) is 9.97 Å². The summed E-state index contributed by atoms with van der Waals surface area (Å²) in [6.07, 6.45) is 3.45. The molecule has 0 saturated carbocycles. The van der Waals surface area contributed by atoms with Crippen LogP contribution in [-0.2, 0) is 0 Å². The van der Waals surface area contributed by atoms with Crippen molar-refractivity contribution in [3.8, 4) is 22.5 Å². The summed E-state index contributed by atoms with van der Waals surface area (Å²) in [6.45, 7) is 3.97. The summed E-state index contributed by atoms with van der Waals surface area (Å²) in [5.74, 6) is 0.0772. The van der Waals surface area contributed by atoms with Crippen LogP contribution in [0.3, 0.4) is 0 Å². The van der Waals surface area contributed by atoms with E-state index in [0.29, 0.717) is 33.1 Å². The Labute approximate surface area is 183 Å². The first-order chi connectivity index (χ1) is 15.0. The van der Waals surface area contributed by atoms with Crippen molar-refractivity contribution in [2.45, 2.75) is 19.8 Å². The third kappa shape index (κ3) is 3.37. The van der Waals surface area contributed by atoms with E-state index >= 15 is 0 Å². The molecule has 0 aliphatic rings. The SMILES string of the molecule is CC(C)c1c[nH]c2nc(-c3ccccc3)c(-c3cc(Cl)c4ncccc4c3)nc2c1=O. The Morgan fingerprint density at radius 1 is 0.903 bits per heavy atom. The van der Waals surface area contributed by atoms with Gasteiger partial charge in [-0.15, -0.1) is 0 Å². The van der Waals surface area contributed by atoms with Crippen LogP contribution in [0.25, 0.3) is 44.6 Å². The van der Waals surface area contributed by atoms with Gasteiger partial charge in [-0.2, -0.15) is 0 Å². The summed E-state index contributed by atoms with van der Waals surface area (Å²) < 4.78 is 0. The largest absolute Gasteiger partial charge is 0.344 e. The number of pyridine rings is 2. The molecule has 152 valence electrons. The van der Waals surface area contributed by atoms with Crippen LogP contribution in [0.5, 0.6) is 0 Å². The fraction of sp³-hybridized carbons (Fsp3) is 0.120. The molecule has 0 spiro atoms. The van der Waals surface area contributed by atoms with Crippen molar-refractivity contribution in [2.75, 3.05) is 0 Å². The summed E-state index contributed by atoms with van der Waals surface area (Å²) in [6, 6.07) is 17.4. The lowest BCUT2D eigenvalue weighted by Crippen LogP contribution is -2.14.